The predicted molar refractivity (Wildman–Crippen MR) is 153 cm³/mol. The van der Waals surface area contributed by atoms with Gasteiger partial charge in [0.25, 0.3) is 0 Å². The molecule has 1 aliphatic carbocycles. The molecule has 1 amide bonds. The second kappa shape index (κ2) is 16.2. The zero-order chi connectivity index (χ0) is 27.1. The van der Waals surface area contributed by atoms with E-state index in [1.807, 2.05) is 24.3 Å². The van der Waals surface area contributed by atoms with Crippen molar-refractivity contribution in [3.8, 4) is 0 Å². The molecule has 1 saturated heterocycles. The van der Waals surface area contributed by atoms with Crippen molar-refractivity contribution in [2.75, 3.05) is 74.7 Å². The molecule has 11 heteroatoms. The fraction of sp³-hybridized carbons (Fsp3) is 0.643. The Morgan fingerprint density at radius 3 is 2.36 bits per heavy atom. The number of aromatic nitrogens is 3. The van der Waals surface area contributed by atoms with Gasteiger partial charge in [-0.15, -0.1) is 0 Å². The lowest BCUT2D eigenvalue weighted by Crippen LogP contribution is -2.29. The maximum Gasteiger partial charge on any atom is 0.233 e. The molecule has 39 heavy (non-hydrogen) atoms. The highest BCUT2D eigenvalue weighted by Gasteiger charge is 2.19. The molecule has 0 atom stereocenters. The van der Waals surface area contributed by atoms with Crippen molar-refractivity contribution in [2.24, 2.45) is 11.7 Å². The maximum atomic E-state index is 12.3. The molecule has 214 valence electrons. The van der Waals surface area contributed by atoms with E-state index in [2.05, 4.69) is 25.8 Å². The van der Waals surface area contributed by atoms with Crippen LogP contribution in [0.25, 0.3) is 0 Å². The normalized spacial score (nSPS) is 15.9. The van der Waals surface area contributed by atoms with Crippen molar-refractivity contribution in [3.63, 3.8) is 0 Å². The number of hydrogen-bond acceptors (Lipinski definition) is 10. The van der Waals surface area contributed by atoms with E-state index in [9.17, 15) is 4.79 Å². The Labute approximate surface area is 231 Å². The number of anilines is 4. The molecular formula is C28H44N8O3. The van der Waals surface area contributed by atoms with Gasteiger partial charge < -0.3 is 36.1 Å². The van der Waals surface area contributed by atoms with Gasteiger partial charge in [0.2, 0.25) is 23.8 Å². The van der Waals surface area contributed by atoms with Crippen molar-refractivity contribution >= 4 is 29.4 Å². The van der Waals surface area contributed by atoms with Crippen LogP contribution in [-0.4, -0.2) is 80.0 Å². The summed E-state index contributed by atoms with van der Waals surface area (Å²) < 4.78 is 10.7. The van der Waals surface area contributed by atoms with E-state index >= 15 is 0 Å². The zero-order valence-electron chi connectivity index (χ0n) is 23.0. The van der Waals surface area contributed by atoms with Crippen LogP contribution in [0, 0.1) is 5.92 Å². The van der Waals surface area contributed by atoms with Crippen molar-refractivity contribution < 1.29 is 14.3 Å². The van der Waals surface area contributed by atoms with E-state index in [1.54, 1.807) is 0 Å². The first-order valence-electron chi connectivity index (χ1n) is 14.4. The van der Waals surface area contributed by atoms with Gasteiger partial charge in [-0.25, -0.2) is 0 Å². The van der Waals surface area contributed by atoms with Crippen LogP contribution in [0.3, 0.4) is 0 Å². The van der Waals surface area contributed by atoms with E-state index < -0.39 is 0 Å². The first kappa shape index (κ1) is 29.0. The summed E-state index contributed by atoms with van der Waals surface area (Å²) in [5.41, 5.74) is 7.16. The molecule has 11 nitrogen and oxygen atoms in total. The Kier molecular flexibility index (Phi) is 12.0. The lowest BCUT2D eigenvalue weighted by atomic mass is 9.89. The Balaban J connectivity index is 1.26. The third-order valence-corrected chi connectivity index (χ3v) is 7.06. The van der Waals surface area contributed by atoms with E-state index in [-0.39, 0.29) is 5.91 Å². The summed E-state index contributed by atoms with van der Waals surface area (Å²) in [5, 5.41) is 9.69. The number of ether oxygens (including phenoxy) is 2. The molecule has 0 bridgehead atoms. The summed E-state index contributed by atoms with van der Waals surface area (Å²) >= 11 is 0. The molecule has 1 saturated carbocycles. The number of rotatable bonds is 16. The van der Waals surface area contributed by atoms with Gasteiger partial charge in [0.15, 0.2) is 0 Å². The molecule has 2 aliphatic rings. The first-order valence-corrected chi connectivity index (χ1v) is 14.4. The number of nitrogens with zero attached hydrogens (tertiary/aromatic N) is 4. The summed E-state index contributed by atoms with van der Waals surface area (Å²) in [5.74, 6) is 2.51. The second-order valence-corrected chi connectivity index (χ2v) is 10.2. The molecule has 4 rings (SSSR count). The molecule has 5 N–H and O–H groups in total. The third kappa shape index (κ3) is 10.2. The number of benzene rings is 1. The first-order chi connectivity index (χ1) is 19.2. The van der Waals surface area contributed by atoms with Gasteiger partial charge in [-0.1, -0.05) is 31.4 Å². The van der Waals surface area contributed by atoms with Crippen LogP contribution < -0.4 is 26.6 Å². The van der Waals surface area contributed by atoms with E-state index in [0.717, 1.165) is 49.7 Å². The van der Waals surface area contributed by atoms with Crippen LogP contribution in [0.2, 0.25) is 0 Å². The number of nitrogens with two attached hydrogens (primary N) is 1. The molecule has 0 radical (unpaired) electrons. The minimum Gasteiger partial charge on any atom is -0.378 e. The molecule has 0 unspecified atom stereocenters. The SMILES string of the molecule is NCCOCCOCCNC(=O)Cc1ccc(Nc2nc(NCC3CCCCC3)nc(N3CCCC3)n2)cc1. The largest absolute Gasteiger partial charge is 0.378 e. The molecule has 1 aliphatic heterocycles. The average Bonchev–Trinajstić information content (AvgIpc) is 3.50. The Bertz CT molecular complexity index is 995. The summed E-state index contributed by atoms with van der Waals surface area (Å²) in [6, 6.07) is 7.78. The number of amides is 1. The van der Waals surface area contributed by atoms with Crippen LogP contribution >= 0.6 is 0 Å². The fourth-order valence-electron chi connectivity index (χ4n) is 4.94. The predicted octanol–water partition coefficient (Wildman–Crippen LogP) is 2.86. The van der Waals surface area contributed by atoms with Crippen LogP contribution in [0.4, 0.5) is 23.5 Å². The van der Waals surface area contributed by atoms with Crippen LogP contribution in [-0.2, 0) is 20.7 Å². The average molecular weight is 541 g/mol. The van der Waals surface area contributed by atoms with Gasteiger partial charge in [-0.05, 0) is 49.3 Å². The van der Waals surface area contributed by atoms with Gasteiger partial charge in [0, 0.05) is 38.4 Å². The van der Waals surface area contributed by atoms with Gasteiger partial charge in [0.05, 0.1) is 32.8 Å². The summed E-state index contributed by atoms with van der Waals surface area (Å²) in [7, 11) is 0. The Morgan fingerprint density at radius 2 is 1.62 bits per heavy atom. The number of carbonyl (C=O) groups is 1. The lowest BCUT2D eigenvalue weighted by molar-refractivity contribution is -0.120. The zero-order valence-corrected chi connectivity index (χ0v) is 23.0. The minimum absolute atomic E-state index is 0.0416. The van der Waals surface area contributed by atoms with Gasteiger partial charge >= 0.3 is 0 Å². The molecule has 1 aromatic carbocycles. The van der Waals surface area contributed by atoms with Crippen molar-refractivity contribution in [1.29, 1.82) is 0 Å². The van der Waals surface area contributed by atoms with Gasteiger partial charge in [0.1, 0.15) is 0 Å². The van der Waals surface area contributed by atoms with Crippen molar-refractivity contribution in [2.45, 2.75) is 51.4 Å². The summed E-state index contributed by atoms with van der Waals surface area (Å²) in [6.07, 6.45) is 9.13. The highest BCUT2D eigenvalue weighted by molar-refractivity contribution is 5.78. The quantitative estimate of drug-likeness (QED) is 0.235. The van der Waals surface area contributed by atoms with Crippen LogP contribution in [0.1, 0.15) is 50.5 Å². The lowest BCUT2D eigenvalue weighted by Gasteiger charge is -2.22. The fourth-order valence-corrected chi connectivity index (χ4v) is 4.94. The number of nitrogens with one attached hydrogen (secondary N) is 3. The van der Waals surface area contributed by atoms with E-state index in [0.29, 0.717) is 63.8 Å². The molecule has 2 aromatic rings. The molecule has 2 heterocycles. The topological polar surface area (TPSA) is 140 Å². The molecule has 0 spiro atoms. The number of hydrogen-bond donors (Lipinski definition) is 4. The maximum absolute atomic E-state index is 12.3. The van der Waals surface area contributed by atoms with Crippen LogP contribution in [0.15, 0.2) is 24.3 Å². The third-order valence-electron chi connectivity index (χ3n) is 7.06. The summed E-state index contributed by atoms with van der Waals surface area (Å²) in [4.78, 5) is 28.6. The van der Waals surface area contributed by atoms with Crippen molar-refractivity contribution in [1.82, 2.24) is 20.3 Å². The molecular weight excluding hydrogens is 496 g/mol. The standard InChI is InChI=1S/C28H44N8O3/c29-12-16-38-18-19-39-17-13-30-25(37)20-22-8-10-24(11-9-22)32-27-33-26(31-21-23-6-2-1-3-7-23)34-28(35-27)36-14-4-5-15-36/h8-11,23H,1-7,12-21,29H2,(H,30,37)(H2,31,32,33,34,35). The summed E-state index contributed by atoms with van der Waals surface area (Å²) in [6.45, 7) is 5.78. The smallest absolute Gasteiger partial charge is 0.233 e. The minimum atomic E-state index is -0.0416. The Hall–Kier alpha value is -3.02. The molecule has 2 fully saturated rings. The highest BCUT2D eigenvalue weighted by atomic mass is 16.5. The van der Waals surface area contributed by atoms with Crippen LogP contribution in [0.5, 0.6) is 0 Å². The van der Waals surface area contributed by atoms with Gasteiger partial charge in [-0.3, -0.25) is 4.79 Å². The Morgan fingerprint density at radius 1 is 0.897 bits per heavy atom. The molecule has 1 aromatic heterocycles. The highest BCUT2D eigenvalue weighted by Crippen LogP contribution is 2.25. The number of carbonyl (C=O) groups excluding carboxylic acids is 1. The van der Waals surface area contributed by atoms with Crippen molar-refractivity contribution in [3.05, 3.63) is 29.8 Å². The second-order valence-electron chi connectivity index (χ2n) is 10.2. The van der Waals surface area contributed by atoms with E-state index in [4.69, 9.17) is 25.2 Å². The monoisotopic (exact) mass is 540 g/mol. The van der Waals surface area contributed by atoms with E-state index in [1.165, 1.54) is 32.1 Å². The van der Waals surface area contributed by atoms with Gasteiger partial charge in [-0.2, -0.15) is 15.0 Å².